The van der Waals surface area contributed by atoms with Crippen molar-refractivity contribution >= 4 is 23.3 Å². The SMILES string of the molecule is CCOC(=O)c1cccc(NCC(=O)Nc2ccc(CC)cc2)c1. The van der Waals surface area contributed by atoms with Gasteiger partial charge in [-0.15, -0.1) is 0 Å². The van der Waals surface area contributed by atoms with Crippen LogP contribution in [0.5, 0.6) is 0 Å². The number of esters is 1. The fraction of sp³-hybridized carbons (Fsp3) is 0.263. The molecule has 0 aliphatic heterocycles. The van der Waals surface area contributed by atoms with Gasteiger partial charge in [0, 0.05) is 11.4 Å². The molecule has 1 amide bonds. The topological polar surface area (TPSA) is 67.4 Å². The van der Waals surface area contributed by atoms with E-state index in [-0.39, 0.29) is 18.4 Å². The normalized spacial score (nSPS) is 10.1. The number of aryl methyl sites for hydroxylation is 1. The Bertz CT molecular complexity index is 696. The number of nitrogens with one attached hydrogen (secondary N) is 2. The molecule has 2 rings (SSSR count). The first-order valence-electron chi connectivity index (χ1n) is 8.02. The highest BCUT2D eigenvalue weighted by Gasteiger charge is 2.07. The van der Waals surface area contributed by atoms with Crippen molar-refractivity contribution in [3.8, 4) is 0 Å². The maximum absolute atomic E-state index is 12.0. The lowest BCUT2D eigenvalue weighted by atomic mass is 10.1. The van der Waals surface area contributed by atoms with Crippen molar-refractivity contribution in [1.82, 2.24) is 0 Å². The molecule has 0 saturated heterocycles. The predicted molar refractivity (Wildman–Crippen MR) is 95.3 cm³/mol. The summed E-state index contributed by atoms with van der Waals surface area (Å²) in [5.74, 6) is -0.526. The zero-order valence-corrected chi connectivity index (χ0v) is 14.0. The van der Waals surface area contributed by atoms with Crippen molar-refractivity contribution in [2.75, 3.05) is 23.8 Å². The number of carbonyl (C=O) groups is 2. The minimum atomic E-state index is -0.374. The minimum Gasteiger partial charge on any atom is -0.462 e. The largest absolute Gasteiger partial charge is 0.462 e. The monoisotopic (exact) mass is 326 g/mol. The lowest BCUT2D eigenvalue weighted by Crippen LogP contribution is -2.21. The van der Waals surface area contributed by atoms with Crippen molar-refractivity contribution in [2.45, 2.75) is 20.3 Å². The van der Waals surface area contributed by atoms with Crippen LogP contribution in [0.3, 0.4) is 0 Å². The summed E-state index contributed by atoms with van der Waals surface area (Å²) >= 11 is 0. The van der Waals surface area contributed by atoms with Crippen LogP contribution in [0.2, 0.25) is 0 Å². The summed E-state index contributed by atoms with van der Waals surface area (Å²) in [5, 5.41) is 5.83. The highest BCUT2D eigenvalue weighted by molar-refractivity contribution is 5.94. The van der Waals surface area contributed by atoms with E-state index >= 15 is 0 Å². The molecule has 0 spiro atoms. The number of carbonyl (C=O) groups excluding carboxylic acids is 2. The van der Waals surface area contributed by atoms with Crippen LogP contribution >= 0.6 is 0 Å². The second-order valence-corrected chi connectivity index (χ2v) is 5.25. The van der Waals surface area contributed by atoms with Gasteiger partial charge < -0.3 is 15.4 Å². The van der Waals surface area contributed by atoms with Gasteiger partial charge >= 0.3 is 5.97 Å². The van der Waals surface area contributed by atoms with Crippen molar-refractivity contribution < 1.29 is 14.3 Å². The molecular weight excluding hydrogens is 304 g/mol. The lowest BCUT2D eigenvalue weighted by Gasteiger charge is -2.09. The van der Waals surface area contributed by atoms with Gasteiger partial charge in [0.05, 0.1) is 18.7 Å². The molecule has 0 fully saturated rings. The molecule has 24 heavy (non-hydrogen) atoms. The van der Waals surface area contributed by atoms with Gasteiger partial charge in [0.25, 0.3) is 0 Å². The Labute approximate surface area is 142 Å². The Morgan fingerprint density at radius 2 is 1.75 bits per heavy atom. The first kappa shape index (κ1) is 17.5. The molecule has 0 bridgehead atoms. The van der Waals surface area contributed by atoms with Crippen molar-refractivity contribution in [3.05, 3.63) is 59.7 Å². The van der Waals surface area contributed by atoms with E-state index in [1.165, 1.54) is 5.56 Å². The summed E-state index contributed by atoms with van der Waals surface area (Å²) in [6, 6.07) is 14.6. The predicted octanol–water partition coefficient (Wildman–Crippen LogP) is 3.48. The van der Waals surface area contributed by atoms with Gasteiger partial charge in [-0.25, -0.2) is 4.79 Å². The average Bonchev–Trinajstić information content (AvgIpc) is 2.61. The number of ether oxygens (including phenoxy) is 1. The highest BCUT2D eigenvalue weighted by atomic mass is 16.5. The summed E-state index contributed by atoms with van der Waals surface area (Å²) in [7, 11) is 0. The number of benzene rings is 2. The Kier molecular flexibility index (Phi) is 6.37. The van der Waals surface area contributed by atoms with Crippen LogP contribution < -0.4 is 10.6 Å². The van der Waals surface area contributed by atoms with Gasteiger partial charge in [-0.2, -0.15) is 0 Å². The summed E-state index contributed by atoms with van der Waals surface area (Å²) in [6.07, 6.45) is 0.965. The van der Waals surface area contributed by atoms with Gasteiger partial charge in [0.2, 0.25) is 5.91 Å². The summed E-state index contributed by atoms with van der Waals surface area (Å²) in [6.45, 7) is 4.29. The molecule has 0 aliphatic rings. The van der Waals surface area contributed by atoms with Crippen LogP contribution in [0.25, 0.3) is 0 Å². The van der Waals surface area contributed by atoms with E-state index in [0.717, 1.165) is 12.1 Å². The first-order valence-corrected chi connectivity index (χ1v) is 8.02. The summed E-state index contributed by atoms with van der Waals surface area (Å²) in [4.78, 5) is 23.7. The van der Waals surface area contributed by atoms with Crippen LogP contribution in [0.4, 0.5) is 11.4 Å². The third kappa shape index (κ3) is 5.12. The Morgan fingerprint density at radius 3 is 2.42 bits per heavy atom. The van der Waals surface area contributed by atoms with Gasteiger partial charge in [-0.05, 0) is 49.2 Å². The number of anilines is 2. The van der Waals surface area contributed by atoms with Crippen molar-refractivity contribution in [3.63, 3.8) is 0 Å². The van der Waals surface area contributed by atoms with Gasteiger partial charge in [0.1, 0.15) is 0 Å². The quantitative estimate of drug-likeness (QED) is 0.765. The molecular formula is C19H22N2O3. The molecule has 2 aromatic carbocycles. The van der Waals surface area contributed by atoms with Crippen molar-refractivity contribution in [2.24, 2.45) is 0 Å². The van der Waals surface area contributed by atoms with E-state index in [2.05, 4.69) is 17.6 Å². The molecule has 0 heterocycles. The Morgan fingerprint density at radius 1 is 1.00 bits per heavy atom. The fourth-order valence-corrected chi connectivity index (χ4v) is 2.18. The van der Waals surface area contributed by atoms with Crippen LogP contribution in [0, 0.1) is 0 Å². The van der Waals surface area contributed by atoms with Crippen LogP contribution in [-0.4, -0.2) is 25.0 Å². The second-order valence-electron chi connectivity index (χ2n) is 5.25. The number of hydrogen-bond donors (Lipinski definition) is 2. The van der Waals surface area contributed by atoms with Crippen LogP contribution in [-0.2, 0) is 16.0 Å². The smallest absolute Gasteiger partial charge is 0.338 e. The van der Waals surface area contributed by atoms with Crippen LogP contribution in [0.15, 0.2) is 48.5 Å². The summed E-state index contributed by atoms with van der Waals surface area (Å²) < 4.78 is 4.96. The summed E-state index contributed by atoms with van der Waals surface area (Å²) in [5.41, 5.74) is 3.13. The molecule has 0 radical (unpaired) electrons. The highest BCUT2D eigenvalue weighted by Crippen LogP contribution is 2.12. The molecule has 2 N–H and O–H groups in total. The molecule has 0 aliphatic carbocycles. The molecule has 0 saturated carbocycles. The Balaban J connectivity index is 1.89. The van der Waals surface area contributed by atoms with E-state index in [9.17, 15) is 9.59 Å². The molecule has 0 aromatic heterocycles. The third-order valence-electron chi connectivity index (χ3n) is 3.47. The fourth-order valence-electron chi connectivity index (χ4n) is 2.18. The maximum atomic E-state index is 12.0. The van der Waals surface area contributed by atoms with Crippen molar-refractivity contribution in [1.29, 1.82) is 0 Å². The molecule has 0 atom stereocenters. The average molecular weight is 326 g/mol. The molecule has 126 valence electrons. The van der Waals surface area contributed by atoms with E-state index < -0.39 is 0 Å². The minimum absolute atomic E-state index is 0.113. The molecule has 5 heteroatoms. The lowest BCUT2D eigenvalue weighted by molar-refractivity contribution is -0.114. The second kappa shape index (κ2) is 8.72. The molecule has 5 nitrogen and oxygen atoms in total. The number of amides is 1. The molecule has 0 unspecified atom stereocenters. The van der Waals surface area contributed by atoms with Crippen LogP contribution in [0.1, 0.15) is 29.8 Å². The first-order chi connectivity index (χ1) is 11.6. The standard InChI is InChI=1S/C19H22N2O3/c1-3-14-8-10-16(11-9-14)21-18(22)13-20-17-7-5-6-15(12-17)19(23)24-4-2/h5-12,20H,3-4,13H2,1-2H3,(H,21,22). The van der Waals surface area contributed by atoms with Gasteiger partial charge in [-0.3, -0.25) is 4.79 Å². The zero-order chi connectivity index (χ0) is 17.4. The Hall–Kier alpha value is -2.82. The van der Waals surface area contributed by atoms with E-state index in [4.69, 9.17) is 4.74 Å². The zero-order valence-electron chi connectivity index (χ0n) is 14.0. The van der Waals surface area contributed by atoms with E-state index in [1.54, 1.807) is 31.2 Å². The number of rotatable bonds is 7. The molecule has 2 aromatic rings. The van der Waals surface area contributed by atoms with E-state index in [1.807, 2.05) is 24.3 Å². The maximum Gasteiger partial charge on any atom is 0.338 e. The van der Waals surface area contributed by atoms with Gasteiger partial charge in [0.15, 0.2) is 0 Å². The van der Waals surface area contributed by atoms with E-state index in [0.29, 0.717) is 17.9 Å². The van der Waals surface area contributed by atoms with Gasteiger partial charge in [-0.1, -0.05) is 25.1 Å². The number of hydrogen-bond acceptors (Lipinski definition) is 4. The third-order valence-corrected chi connectivity index (χ3v) is 3.47.